The molecule has 0 spiro atoms. The van der Waals surface area contributed by atoms with Crippen molar-refractivity contribution >= 4 is 29.2 Å². The first-order valence-electron chi connectivity index (χ1n) is 3.57. The van der Waals surface area contributed by atoms with Gasteiger partial charge in [0.2, 0.25) is 0 Å². The summed E-state index contributed by atoms with van der Waals surface area (Å²) in [5, 5.41) is 10.3. The summed E-state index contributed by atoms with van der Waals surface area (Å²) < 4.78 is 0.529. The van der Waals surface area contributed by atoms with E-state index in [-0.39, 0.29) is 12.3 Å². The first kappa shape index (κ1) is 11.2. The van der Waals surface area contributed by atoms with Gasteiger partial charge in [0, 0.05) is 35.7 Å². The minimum atomic E-state index is -0.472. The molecule has 0 saturated heterocycles. The van der Waals surface area contributed by atoms with Crippen LogP contribution in [0.2, 0.25) is 0 Å². The Labute approximate surface area is 90.1 Å². The molecule has 0 amide bonds. The fourth-order valence-corrected chi connectivity index (χ4v) is 0.935. The van der Waals surface area contributed by atoms with E-state index in [1.165, 1.54) is 12.1 Å². The van der Waals surface area contributed by atoms with Crippen molar-refractivity contribution in [3.05, 3.63) is 39.9 Å². The number of rotatable bonds is 4. The van der Waals surface area contributed by atoms with Crippen molar-refractivity contribution in [1.29, 1.82) is 0 Å². The summed E-state index contributed by atoms with van der Waals surface area (Å²) >= 11 is 10.4. The van der Waals surface area contributed by atoms with Crippen LogP contribution in [-0.2, 0) is 11.4 Å². The summed E-state index contributed by atoms with van der Waals surface area (Å²) in [5.41, 5.74) is 0.768. The van der Waals surface area contributed by atoms with Gasteiger partial charge in [-0.3, -0.25) is 15.0 Å². The number of nitro groups is 1. The van der Waals surface area contributed by atoms with Gasteiger partial charge < -0.3 is 0 Å². The highest BCUT2D eigenvalue weighted by Crippen LogP contribution is 2.13. The zero-order valence-corrected chi connectivity index (χ0v) is 8.40. The number of nitrogens with zero attached hydrogens (tertiary/aromatic N) is 2. The van der Waals surface area contributed by atoms with Crippen molar-refractivity contribution in [2.75, 3.05) is 0 Å². The second-order valence-electron chi connectivity index (χ2n) is 2.40. The fraction of sp³-hybridized carbons (Fsp3) is 0.143. The smallest absolute Gasteiger partial charge is 0.264 e. The SMILES string of the molecule is O=[N+]([O-])c1ccc(CON(Cl)Cl)cc1. The molecule has 0 unspecified atom stereocenters. The van der Waals surface area contributed by atoms with Crippen LogP contribution in [0, 0.1) is 10.1 Å². The maximum atomic E-state index is 10.3. The van der Waals surface area contributed by atoms with Gasteiger partial charge in [0.25, 0.3) is 5.69 Å². The number of hydrogen-bond acceptors (Lipinski definition) is 4. The van der Waals surface area contributed by atoms with E-state index in [0.717, 1.165) is 5.56 Å². The predicted octanol–water partition coefficient (Wildman–Crippen LogP) is 2.64. The van der Waals surface area contributed by atoms with Gasteiger partial charge in [-0.1, -0.05) is 0 Å². The molecule has 0 atom stereocenters. The standard InChI is InChI=1S/C7H6Cl2N2O3/c8-11(9)14-5-6-1-3-7(4-2-6)10(12)13/h1-4H,5H2. The molecule has 0 aromatic heterocycles. The van der Waals surface area contributed by atoms with E-state index in [2.05, 4.69) is 0 Å². The lowest BCUT2D eigenvalue weighted by Gasteiger charge is -2.04. The number of halogens is 2. The number of hydrogen-bond donors (Lipinski definition) is 0. The Hall–Kier alpha value is -0.880. The summed E-state index contributed by atoms with van der Waals surface area (Å²) in [6.07, 6.45) is 0. The molecule has 0 aliphatic carbocycles. The highest BCUT2D eigenvalue weighted by Gasteiger charge is 2.04. The van der Waals surface area contributed by atoms with Crippen LogP contribution < -0.4 is 0 Å². The fourth-order valence-electron chi connectivity index (χ4n) is 0.837. The molecular formula is C7H6Cl2N2O3. The Bertz CT molecular complexity index is 315. The van der Waals surface area contributed by atoms with Crippen molar-refractivity contribution in [2.45, 2.75) is 6.61 Å². The summed E-state index contributed by atoms with van der Waals surface area (Å²) in [5.74, 6) is 0. The van der Waals surface area contributed by atoms with Crippen LogP contribution in [0.3, 0.4) is 0 Å². The van der Waals surface area contributed by atoms with E-state index in [4.69, 9.17) is 28.4 Å². The minimum Gasteiger partial charge on any atom is -0.264 e. The third-order valence-corrected chi connectivity index (χ3v) is 1.67. The van der Waals surface area contributed by atoms with Crippen LogP contribution in [0.15, 0.2) is 24.3 Å². The van der Waals surface area contributed by atoms with Gasteiger partial charge in [0.15, 0.2) is 0 Å². The van der Waals surface area contributed by atoms with E-state index in [9.17, 15) is 10.1 Å². The van der Waals surface area contributed by atoms with Gasteiger partial charge in [0.1, 0.15) is 0 Å². The summed E-state index contributed by atoms with van der Waals surface area (Å²) in [4.78, 5) is 14.6. The molecule has 0 bridgehead atoms. The molecular weight excluding hydrogens is 231 g/mol. The molecule has 0 aliphatic heterocycles. The van der Waals surface area contributed by atoms with Crippen molar-refractivity contribution in [3.63, 3.8) is 0 Å². The van der Waals surface area contributed by atoms with Crippen LogP contribution in [-0.4, -0.2) is 9.02 Å². The molecule has 0 heterocycles. The Morgan fingerprint density at radius 2 is 1.93 bits per heavy atom. The van der Waals surface area contributed by atoms with Crippen LogP contribution in [0.1, 0.15) is 5.56 Å². The summed E-state index contributed by atoms with van der Waals surface area (Å²) in [6, 6.07) is 5.89. The van der Waals surface area contributed by atoms with Gasteiger partial charge in [0.05, 0.1) is 11.5 Å². The third kappa shape index (κ3) is 3.47. The third-order valence-electron chi connectivity index (χ3n) is 1.48. The maximum Gasteiger partial charge on any atom is 0.269 e. The van der Waals surface area contributed by atoms with Crippen molar-refractivity contribution in [3.8, 4) is 0 Å². The number of non-ortho nitro benzene ring substituents is 1. The molecule has 5 nitrogen and oxygen atoms in total. The first-order chi connectivity index (χ1) is 6.59. The van der Waals surface area contributed by atoms with Crippen LogP contribution in [0.25, 0.3) is 0 Å². The highest BCUT2D eigenvalue weighted by atomic mass is 35.5. The second-order valence-corrected chi connectivity index (χ2v) is 3.19. The van der Waals surface area contributed by atoms with E-state index in [1.54, 1.807) is 12.1 Å². The maximum absolute atomic E-state index is 10.3. The van der Waals surface area contributed by atoms with Gasteiger partial charge in [-0.25, -0.2) is 0 Å². The Morgan fingerprint density at radius 3 is 2.36 bits per heavy atom. The lowest BCUT2D eigenvalue weighted by Crippen LogP contribution is -1.99. The highest BCUT2D eigenvalue weighted by molar-refractivity contribution is 6.32. The molecule has 14 heavy (non-hydrogen) atoms. The Balaban J connectivity index is 2.60. The van der Waals surface area contributed by atoms with Crippen LogP contribution in [0.5, 0.6) is 0 Å². The lowest BCUT2D eigenvalue weighted by atomic mass is 10.2. The van der Waals surface area contributed by atoms with E-state index >= 15 is 0 Å². The summed E-state index contributed by atoms with van der Waals surface area (Å²) in [7, 11) is 0. The second kappa shape index (κ2) is 5.11. The Kier molecular flexibility index (Phi) is 4.09. The van der Waals surface area contributed by atoms with Crippen molar-refractivity contribution in [2.24, 2.45) is 0 Å². The molecule has 0 radical (unpaired) electrons. The van der Waals surface area contributed by atoms with Gasteiger partial charge >= 0.3 is 0 Å². The quantitative estimate of drug-likeness (QED) is 0.458. The average Bonchev–Trinajstić information content (AvgIpc) is 2.15. The number of benzene rings is 1. The molecule has 1 aromatic carbocycles. The molecule has 1 aromatic rings. The summed E-state index contributed by atoms with van der Waals surface area (Å²) in [6.45, 7) is 0.158. The molecule has 0 aliphatic rings. The van der Waals surface area contributed by atoms with Gasteiger partial charge in [-0.15, -0.1) is 0 Å². The van der Waals surface area contributed by atoms with E-state index in [0.29, 0.717) is 4.10 Å². The van der Waals surface area contributed by atoms with Crippen LogP contribution in [0.4, 0.5) is 5.69 Å². The largest absolute Gasteiger partial charge is 0.269 e. The molecule has 1 rings (SSSR count). The topological polar surface area (TPSA) is 55.6 Å². The van der Waals surface area contributed by atoms with Gasteiger partial charge in [-0.2, -0.15) is 0 Å². The monoisotopic (exact) mass is 236 g/mol. The normalized spacial score (nSPS) is 10.5. The minimum absolute atomic E-state index is 0.0300. The zero-order valence-electron chi connectivity index (χ0n) is 6.89. The zero-order chi connectivity index (χ0) is 10.6. The molecule has 7 heteroatoms. The molecule has 0 saturated carbocycles. The van der Waals surface area contributed by atoms with E-state index in [1.807, 2.05) is 0 Å². The molecule has 0 N–H and O–H groups in total. The van der Waals surface area contributed by atoms with Crippen LogP contribution >= 0.6 is 23.6 Å². The first-order valence-corrected chi connectivity index (χ1v) is 4.25. The lowest BCUT2D eigenvalue weighted by molar-refractivity contribution is -0.384. The van der Waals surface area contributed by atoms with E-state index < -0.39 is 4.92 Å². The van der Waals surface area contributed by atoms with Crippen molar-refractivity contribution < 1.29 is 9.76 Å². The molecule has 76 valence electrons. The van der Waals surface area contributed by atoms with Gasteiger partial charge in [-0.05, 0) is 21.8 Å². The predicted molar refractivity (Wildman–Crippen MR) is 51.4 cm³/mol. The van der Waals surface area contributed by atoms with Crippen molar-refractivity contribution in [1.82, 2.24) is 4.10 Å². The number of nitro benzene ring substituents is 1. The Morgan fingerprint density at radius 1 is 1.36 bits per heavy atom. The average molecular weight is 237 g/mol. The molecule has 0 fully saturated rings.